The minimum atomic E-state index is 0.232. The van der Waals surface area contributed by atoms with Crippen molar-refractivity contribution >= 4 is 5.91 Å². The molecular formula is C13H27N3O. The molecule has 0 aromatic rings. The van der Waals surface area contributed by atoms with E-state index in [9.17, 15) is 4.79 Å². The van der Waals surface area contributed by atoms with Crippen molar-refractivity contribution < 1.29 is 4.79 Å². The number of hydrogen-bond donors (Lipinski definition) is 1. The molecule has 0 bridgehead atoms. The monoisotopic (exact) mass is 241 g/mol. The van der Waals surface area contributed by atoms with E-state index in [0.717, 1.165) is 32.0 Å². The van der Waals surface area contributed by atoms with Gasteiger partial charge in [0.1, 0.15) is 0 Å². The van der Waals surface area contributed by atoms with Crippen molar-refractivity contribution in [2.45, 2.75) is 32.6 Å². The van der Waals surface area contributed by atoms with Gasteiger partial charge in [-0.15, -0.1) is 0 Å². The quantitative estimate of drug-likeness (QED) is 0.721. The van der Waals surface area contributed by atoms with Gasteiger partial charge in [0, 0.05) is 20.1 Å². The second-order valence-electron chi connectivity index (χ2n) is 5.14. The molecule has 1 heterocycles. The molecule has 0 saturated carbocycles. The maximum atomic E-state index is 11.9. The molecule has 1 atom stereocenters. The number of nitrogens with zero attached hydrogens (tertiary/aromatic N) is 2. The van der Waals surface area contributed by atoms with Crippen LogP contribution in [0.1, 0.15) is 32.6 Å². The fraction of sp³-hybridized carbons (Fsp3) is 0.923. The van der Waals surface area contributed by atoms with Gasteiger partial charge in [-0.1, -0.05) is 13.3 Å². The van der Waals surface area contributed by atoms with Crippen LogP contribution in [-0.2, 0) is 4.79 Å². The molecule has 2 N–H and O–H groups in total. The summed E-state index contributed by atoms with van der Waals surface area (Å²) in [5.41, 5.74) is 5.44. The fourth-order valence-corrected chi connectivity index (χ4v) is 2.47. The molecule has 0 aliphatic carbocycles. The first kappa shape index (κ1) is 14.5. The summed E-state index contributed by atoms with van der Waals surface area (Å²) in [6, 6.07) is 0. The van der Waals surface area contributed by atoms with Crippen molar-refractivity contribution in [3.63, 3.8) is 0 Å². The Bertz CT molecular complexity index is 233. The summed E-state index contributed by atoms with van der Waals surface area (Å²) < 4.78 is 0. The first-order valence-corrected chi connectivity index (χ1v) is 6.83. The molecule has 1 aliphatic heterocycles. The van der Waals surface area contributed by atoms with Crippen LogP contribution in [0.15, 0.2) is 0 Å². The summed E-state index contributed by atoms with van der Waals surface area (Å²) in [7, 11) is 1.87. The predicted octanol–water partition coefficient (Wildman–Crippen LogP) is 0.916. The van der Waals surface area contributed by atoms with Crippen molar-refractivity contribution in [2.75, 3.05) is 39.8 Å². The Morgan fingerprint density at radius 3 is 2.94 bits per heavy atom. The second kappa shape index (κ2) is 7.67. The van der Waals surface area contributed by atoms with Crippen LogP contribution in [-0.4, -0.2) is 55.5 Å². The summed E-state index contributed by atoms with van der Waals surface area (Å²) >= 11 is 0. The van der Waals surface area contributed by atoms with Gasteiger partial charge in [0.25, 0.3) is 0 Å². The highest BCUT2D eigenvalue weighted by atomic mass is 16.2. The first-order chi connectivity index (χ1) is 8.17. The van der Waals surface area contributed by atoms with Gasteiger partial charge < -0.3 is 10.6 Å². The van der Waals surface area contributed by atoms with Gasteiger partial charge in [-0.25, -0.2) is 0 Å². The summed E-state index contributed by atoms with van der Waals surface area (Å²) in [6.07, 6.45) is 4.70. The smallest absolute Gasteiger partial charge is 0.236 e. The zero-order chi connectivity index (χ0) is 12.7. The van der Waals surface area contributed by atoms with Crippen molar-refractivity contribution in [1.82, 2.24) is 9.80 Å². The molecule has 0 radical (unpaired) electrons. The molecule has 1 amide bonds. The zero-order valence-electron chi connectivity index (χ0n) is 11.3. The molecule has 1 saturated heterocycles. The van der Waals surface area contributed by atoms with E-state index >= 15 is 0 Å². The van der Waals surface area contributed by atoms with Crippen LogP contribution in [0.3, 0.4) is 0 Å². The van der Waals surface area contributed by atoms with E-state index in [1.807, 2.05) is 7.05 Å². The highest BCUT2D eigenvalue weighted by Gasteiger charge is 2.24. The Morgan fingerprint density at radius 1 is 1.53 bits per heavy atom. The van der Waals surface area contributed by atoms with E-state index in [1.54, 1.807) is 4.90 Å². The largest absolute Gasteiger partial charge is 0.345 e. The minimum Gasteiger partial charge on any atom is -0.345 e. The lowest BCUT2D eigenvalue weighted by Crippen LogP contribution is -2.38. The summed E-state index contributed by atoms with van der Waals surface area (Å²) in [6.45, 7) is 6.43. The number of carbonyl (C=O) groups is 1. The molecule has 17 heavy (non-hydrogen) atoms. The summed E-state index contributed by atoms with van der Waals surface area (Å²) in [5, 5.41) is 0. The average molecular weight is 241 g/mol. The molecule has 0 spiro atoms. The summed E-state index contributed by atoms with van der Waals surface area (Å²) in [5.74, 6) is 1.04. The summed E-state index contributed by atoms with van der Waals surface area (Å²) in [4.78, 5) is 16.0. The number of nitrogens with two attached hydrogens (primary N) is 1. The Labute approximate surface area is 105 Å². The van der Waals surface area contributed by atoms with Gasteiger partial charge in [-0.3, -0.25) is 9.69 Å². The third-order valence-electron chi connectivity index (χ3n) is 3.55. The first-order valence-electron chi connectivity index (χ1n) is 6.83. The highest BCUT2D eigenvalue weighted by molar-refractivity contribution is 5.78. The third-order valence-corrected chi connectivity index (χ3v) is 3.55. The Hall–Kier alpha value is -0.610. The molecule has 0 aromatic carbocycles. The molecule has 1 unspecified atom stereocenters. The molecule has 100 valence electrons. The normalized spacial score (nSPS) is 20.8. The van der Waals surface area contributed by atoms with E-state index in [-0.39, 0.29) is 5.91 Å². The molecule has 1 fully saturated rings. The number of hydrogen-bond acceptors (Lipinski definition) is 3. The van der Waals surface area contributed by atoms with Crippen LogP contribution in [0.5, 0.6) is 0 Å². The number of likely N-dealkylation sites (N-methyl/N-ethyl adjacent to an activating group) is 1. The predicted molar refractivity (Wildman–Crippen MR) is 70.8 cm³/mol. The maximum Gasteiger partial charge on any atom is 0.236 e. The van der Waals surface area contributed by atoms with E-state index in [0.29, 0.717) is 13.1 Å². The van der Waals surface area contributed by atoms with E-state index in [4.69, 9.17) is 5.73 Å². The molecule has 1 rings (SSSR count). The Balaban J connectivity index is 2.23. The van der Waals surface area contributed by atoms with E-state index in [1.165, 1.54) is 19.3 Å². The van der Waals surface area contributed by atoms with Crippen molar-refractivity contribution in [3.8, 4) is 0 Å². The SMILES string of the molecule is CCCC1CCN(CC(=O)N(C)CCCN)C1. The fourth-order valence-electron chi connectivity index (χ4n) is 2.47. The van der Waals surface area contributed by atoms with Crippen molar-refractivity contribution in [3.05, 3.63) is 0 Å². The second-order valence-corrected chi connectivity index (χ2v) is 5.14. The molecule has 4 heteroatoms. The van der Waals surface area contributed by atoms with E-state index < -0.39 is 0 Å². The Kier molecular flexibility index (Phi) is 6.52. The maximum absolute atomic E-state index is 11.9. The van der Waals surface area contributed by atoms with Crippen LogP contribution < -0.4 is 5.73 Å². The van der Waals surface area contributed by atoms with Crippen LogP contribution >= 0.6 is 0 Å². The highest BCUT2D eigenvalue weighted by Crippen LogP contribution is 2.20. The van der Waals surface area contributed by atoms with Crippen LogP contribution in [0.25, 0.3) is 0 Å². The van der Waals surface area contributed by atoms with Gasteiger partial charge in [0.15, 0.2) is 0 Å². The zero-order valence-corrected chi connectivity index (χ0v) is 11.3. The van der Waals surface area contributed by atoms with Crippen molar-refractivity contribution in [1.29, 1.82) is 0 Å². The van der Waals surface area contributed by atoms with Gasteiger partial charge in [-0.2, -0.15) is 0 Å². The number of rotatable bonds is 7. The lowest BCUT2D eigenvalue weighted by Gasteiger charge is -2.21. The number of amides is 1. The molecular weight excluding hydrogens is 214 g/mol. The van der Waals surface area contributed by atoms with Crippen molar-refractivity contribution in [2.24, 2.45) is 11.7 Å². The van der Waals surface area contributed by atoms with Gasteiger partial charge in [-0.05, 0) is 38.3 Å². The lowest BCUT2D eigenvalue weighted by molar-refractivity contribution is -0.130. The lowest BCUT2D eigenvalue weighted by atomic mass is 10.0. The van der Waals surface area contributed by atoms with E-state index in [2.05, 4.69) is 11.8 Å². The minimum absolute atomic E-state index is 0.232. The van der Waals surface area contributed by atoms with Gasteiger partial charge in [0.2, 0.25) is 5.91 Å². The van der Waals surface area contributed by atoms with Crippen LogP contribution in [0.2, 0.25) is 0 Å². The third kappa shape index (κ3) is 5.04. The van der Waals surface area contributed by atoms with Gasteiger partial charge in [0.05, 0.1) is 6.54 Å². The average Bonchev–Trinajstić information content (AvgIpc) is 2.74. The molecule has 4 nitrogen and oxygen atoms in total. The van der Waals surface area contributed by atoms with Crippen LogP contribution in [0.4, 0.5) is 0 Å². The Morgan fingerprint density at radius 2 is 2.29 bits per heavy atom. The number of likely N-dealkylation sites (tertiary alicyclic amines) is 1. The topological polar surface area (TPSA) is 49.6 Å². The van der Waals surface area contributed by atoms with Gasteiger partial charge >= 0.3 is 0 Å². The molecule has 1 aliphatic rings. The number of carbonyl (C=O) groups excluding carboxylic acids is 1. The standard InChI is InChI=1S/C13H27N3O/c1-3-5-12-6-9-16(10-12)11-13(17)15(2)8-4-7-14/h12H,3-11,14H2,1-2H3. The van der Waals surface area contributed by atoms with Crippen LogP contribution in [0, 0.1) is 5.92 Å². The molecule has 0 aromatic heterocycles.